The van der Waals surface area contributed by atoms with Crippen molar-refractivity contribution in [2.24, 2.45) is 0 Å². The van der Waals surface area contributed by atoms with E-state index in [9.17, 15) is 18.8 Å². The number of esters is 1. The van der Waals surface area contributed by atoms with Crippen LogP contribution >= 0.6 is 0 Å². The normalized spacial score (nSPS) is 10.6. The van der Waals surface area contributed by atoms with Gasteiger partial charge in [0.1, 0.15) is 11.4 Å². The van der Waals surface area contributed by atoms with Gasteiger partial charge in [0.25, 0.3) is 5.91 Å². The molecule has 3 rings (SSSR count). The topological polar surface area (TPSA) is 97.6 Å². The number of amides is 3. The fourth-order valence-corrected chi connectivity index (χ4v) is 2.72. The van der Waals surface area contributed by atoms with Crippen LogP contribution in [0, 0.1) is 5.82 Å². The van der Waals surface area contributed by atoms with Crippen molar-refractivity contribution in [1.29, 1.82) is 0 Å². The van der Waals surface area contributed by atoms with Crippen molar-refractivity contribution in [2.45, 2.75) is 19.8 Å². The molecule has 2 aromatic carbocycles. The maximum absolute atomic E-state index is 13.5. The Morgan fingerprint density at radius 2 is 1.93 bits per heavy atom. The number of fused-ring (bicyclic) bond motifs is 1. The highest BCUT2D eigenvalue weighted by Gasteiger charge is 2.15. The molecular formula is C21H19FN2O5. The van der Waals surface area contributed by atoms with E-state index in [4.69, 9.17) is 9.15 Å². The molecule has 0 aliphatic rings. The summed E-state index contributed by atoms with van der Waals surface area (Å²) in [5.41, 5.74) is 2.36. The summed E-state index contributed by atoms with van der Waals surface area (Å²) in [4.78, 5) is 35.5. The number of anilines is 1. The molecule has 3 amide bonds. The molecule has 3 aromatic rings. The van der Waals surface area contributed by atoms with Gasteiger partial charge in [-0.1, -0.05) is 31.2 Å². The van der Waals surface area contributed by atoms with Crippen molar-refractivity contribution in [2.75, 3.05) is 11.9 Å². The lowest BCUT2D eigenvalue weighted by Gasteiger charge is -2.08. The average molecular weight is 398 g/mol. The Morgan fingerprint density at radius 1 is 1.14 bits per heavy atom. The smallest absolute Gasteiger partial charge is 0.326 e. The summed E-state index contributed by atoms with van der Waals surface area (Å²) >= 11 is 0. The summed E-state index contributed by atoms with van der Waals surface area (Å²) in [5.74, 6) is -2.12. The molecular weight excluding hydrogens is 379 g/mol. The lowest BCUT2D eigenvalue weighted by atomic mass is 10.1. The number of hydrogen-bond acceptors (Lipinski definition) is 5. The number of nitrogens with one attached hydrogen (secondary N) is 2. The molecule has 8 heteroatoms. The van der Waals surface area contributed by atoms with Gasteiger partial charge in [-0.15, -0.1) is 0 Å². The van der Waals surface area contributed by atoms with Crippen LogP contribution in [-0.4, -0.2) is 24.5 Å². The lowest BCUT2D eigenvalue weighted by Crippen LogP contribution is -2.37. The quantitative estimate of drug-likeness (QED) is 0.619. The number of para-hydroxylation sites is 1. The highest BCUT2D eigenvalue weighted by atomic mass is 19.1. The fourth-order valence-electron chi connectivity index (χ4n) is 2.72. The van der Waals surface area contributed by atoms with Crippen LogP contribution in [0.25, 0.3) is 11.0 Å². The second kappa shape index (κ2) is 9.01. The number of ether oxygens (including phenoxy) is 1. The van der Waals surface area contributed by atoms with Crippen molar-refractivity contribution in [1.82, 2.24) is 5.32 Å². The van der Waals surface area contributed by atoms with Gasteiger partial charge < -0.3 is 14.5 Å². The minimum atomic E-state index is -0.927. The van der Waals surface area contributed by atoms with Crippen molar-refractivity contribution >= 4 is 34.6 Å². The first-order valence-corrected chi connectivity index (χ1v) is 8.96. The maximum atomic E-state index is 13.5. The highest BCUT2D eigenvalue weighted by Crippen LogP contribution is 2.23. The van der Waals surface area contributed by atoms with E-state index in [2.05, 4.69) is 5.32 Å². The van der Waals surface area contributed by atoms with Gasteiger partial charge in [0.2, 0.25) is 0 Å². The van der Waals surface area contributed by atoms with Gasteiger partial charge in [0.05, 0.1) is 18.4 Å². The van der Waals surface area contributed by atoms with Gasteiger partial charge in [0.15, 0.2) is 6.61 Å². The summed E-state index contributed by atoms with van der Waals surface area (Å²) in [6, 6.07) is 10.3. The summed E-state index contributed by atoms with van der Waals surface area (Å²) in [6.07, 6.45) is 2.27. The van der Waals surface area contributed by atoms with Gasteiger partial charge in [-0.2, -0.15) is 0 Å². The van der Waals surface area contributed by atoms with Crippen LogP contribution in [0.1, 0.15) is 18.1 Å². The number of rotatable bonds is 6. The highest BCUT2D eigenvalue weighted by molar-refractivity contribution is 6.02. The van der Waals surface area contributed by atoms with Crippen molar-refractivity contribution in [3.8, 4) is 0 Å². The Labute approximate surface area is 165 Å². The van der Waals surface area contributed by atoms with Crippen LogP contribution in [-0.2, 0) is 27.2 Å². The molecule has 150 valence electrons. The summed E-state index contributed by atoms with van der Waals surface area (Å²) in [7, 11) is 0. The second-order valence-corrected chi connectivity index (χ2v) is 6.26. The summed E-state index contributed by atoms with van der Waals surface area (Å²) in [5, 5.41) is 4.96. The van der Waals surface area contributed by atoms with E-state index in [0.717, 1.165) is 17.4 Å². The first-order chi connectivity index (χ1) is 14.0. The minimum Gasteiger partial charge on any atom is -0.464 e. The molecule has 0 saturated carbocycles. The van der Waals surface area contributed by atoms with E-state index in [1.54, 1.807) is 0 Å². The predicted octanol–water partition coefficient (Wildman–Crippen LogP) is 3.57. The maximum Gasteiger partial charge on any atom is 0.326 e. The van der Waals surface area contributed by atoms with E-state index < -0.39 is 30.3 Å². The molecule has 0 saturated heterocycles. The molecule has 0 bridgehead atoms. The molecule has 2 N–H and O–H groups in total. The van der Waals surface area contributed by atoms with Crippen LogP contribution in [0.4, 0.5) is 14.9 Å². The Hall–Kier alpha value is -3.68. The van der Waals surface area contributed by atoms with E-state index in [0.29, 0.717) is 11.1 Å². The molecule has 29 heavy (non-hydrogen) atoms. The molecule has 0 atom stereocenters. The number of furan rings is 1. The van der Waals surface area contributed by atoms with Crippen molar-refractivity contribution < 1.29 is 27.9 Å². The SMILES string of the molecule is CCc1ccc2c(CC(=O)OCC(=O)NC(=O)Nc3ccccc3F)coc2c1. The van der Waals surface area contributed by atoms with Crippen molar-refractivity contribution in [3.63, 3.8) is 0 Å². The van der Waals surface area contributed by atoms with Crippen LogP contribution in [0.2, 0.25) is 0 Å². The van der Waals surface area contributed by atoms with Gasteiger partial charge in [-0.05, 0) is 30.2 Å². The standard InChI is InChI=1S/C21H19FN2O5/c1-2-13-7-8-15-14(11-28-18(15)9-13)10-20(26)29-12-19(25)24-21(27)23-17-6-4-3-5-16(17)22/h3-9,11H,2,10,12H2,1H3,(H2,23,24,25,27). The van der Waals surface area contributed by atoms with Crippen LogP contribution in [0.3, 0.4) is 0 Å². The number of hydrogen-bond donors (Lipinski definition) is 2. The van der Waals surface area contributed by atoms with E-state index in [1.165, 1.54) is 30.5 Å². The molecule has 0 aliphatic carbocycles. The Bertz CT molecular complexity index is 1060. The molecule has 1 aromatic heterocycles. The zero-order chi connectivity index (χ0) is 20.8. The van der Waals surface area contributed by atoms with E-state index >= 15 is 0 Å². The number of imide groups is 1. The first kappa shape index (κ1) is 20.1. The van der Waals surface area contributed by atoms with Gasteiger partial charge in [-0.25, -0.2) is 9.18 Å². The van der Waals surface area contributed by atoms with Gasteiger partial charge in [0, 0.05) is 10.9 Å². The average Bonchev–Trinajstić information content (AvgIpc) is 3.10. The minimum absolute atomic E-state index is 0.0761. The van der Waals surface area contributed by atoms with Crippen LogP contribution < -0.4 is 10.6 Å². The third-order valence-electron chi connectivity index (χ3n) is 4.20. The second-order valence-electron chi connectivity index (χ2n) is 6.26. The molecule has 0 aliphatic heterocycles. The molecule has 0 fully saturated rings. The Morgan fingerprint density at radius 3 is 2.69 bits per heavy atom. The third kappa shape index (κ3) is 5.19. The lowest BCUT2D eigenvalue weighted by molar-refractivity contribution is -0.147. The van der Waals surface area contributed by atoms with Gasteiger partial charge in [-0.3, -0.25) is 14.9 Å². The van der Waals surface area contributed by atoms with Crippen LogP contribution in [0.15, 0.2) is 53.1 Å². The largest absolute Gasteiger partial charge is 0.464 e. The molecule has 0 spiro atoms. The third-order valence-corrected chi connectivity index (χ3v) is 4.20. The molecule has 0 radical (unpaired) electrons. The summed E-state index contributed by atoms with van der Waals surface area (Å²) < 4.78 is 23.8. The molecule has 0 unspecified atom stereocenters. The Kier molecular flexibility index (Phi) is 6.23. The van der Waals surface area contributed by atoms with E-state index in [-0.39, 0.29) is 12.1 Å². The number of aryl methyl sites for hydroxylation is 1. The molecule has 7 nitrogen and oxygen atoms in total. The monoisotopic (exact) mass is 398 g/mol. The molecule has 1 heterocycles. The first-order valence-electron chi connectivity index (χ1n) is 8.96. The predicted molar refractivity (Wildman–Crippen MR) is 104 cm³/mol. The zero-order valence-electron chi connectivity index (χ0n) is 15.7. The van der Waals surface area contributed by atoms with E-state index in [1.807, 2.05) is 30.4 Å². The summed E-state index contributed by atoms with van der Waals surface area (Å²) in [6.45, 7) is 1.39. The number of carbonyl (C=O) groups is 3. The zero-order valence-corrected chi connectivity index (χ0v) is 15.7. The fraction of sp³-hybridized carbons (Fsp3) is 0.190. The van der Waals surface area contributed by atoms with Crippen molar-refractivity contribution in [3.05, 3.63) is 65.7 Å². The number of carbonyl (C=O) groups excluding carboxylic acids is 3. The number of benzene rings is 2. The van der Waals surface area contributed by atoms with Gasteiger partial charge >= 0.3 is 12.0 Å². The van der Waals surface area contributed by atoms with Crippen LogP contribution in [0.5, 0.6) is 0 Å². The number of halogens is 1. The Balaban J connectivity index is 1.48. The number of urea groups is 1.